The Morgan fingerprint density at radius 3 is 2.18 bits per heavy atom. The lowest BCUT2D eigenvalue weighted by atomic mass is 10.0. The molecule has 1 aromatic carbocycles. The van der Waals surface area contributed by atoms with Crippen molar-refractivity contribution in [1.29, 1.82) is 0 Å². The summed E-state index contributed by atoms with van der Waals surface area (Å²) in [6, 6.07) is 2.21. The molecule has 17 heavy (non-hydrogen) atoms. The van der Waals surface area contributed by atoms with E-state index in [-0.39, 0.29) is 17.7 Å². The minimum Gasteiger partial charge on any atom is -0.507 e. The van der Waals surface area contributed by atoms with Crippen molar-refractivity contribution in [2.24, 2.45) is 0 Å². The van der Waals surface area contributed by atoms with Gasteiger partial charge in [0.2, 0.25) is 0 Å². The van der Waals surface area contributed by atoms with E-state index >= 15 is 0 Å². The molecular formula is C11H13NO5. The second kappa shape index (κ2) is 4.84. The van der Waals surface area contributed by atoms with Gasteiger partial charge in [-0.05, 0) is 26.2 Å². The average Bonchev–Trinajstić information content (AvgIpc) is 2.19. The van der Waals surface area contributed by atoms with Crippen molar-refractivity contribution in [3.05, 3.63) is 28.8 Å². The number of nitrogens with zero attached hydrogens (tertiary/aromatic N) is 1. The number of aromatic carboxylic acids is 2. The highest BCUT2D eigenvalue weighted by Crippen LogP contribution is 2.25. The number of hydrogen-bond acceptors (Lipinski definition) is 4. The summed E-state index contributed by atoms with van der Waals surface area (Å²) in [4.78, 5) is 23.4. The van der Waals surface area contributed by atoms with Crippen LogP contribution in [-0.4, -0.2) is 46.3 Å². The van der Waals surface area contributed by atoms with Crippen LogP contribution in [0, 0.1) is 0 Å². The van der Waals surface area contributed by atoms with Crippen molar-refractivity contribution in [2.45, 2.75) is 6.54 Å². The summed E-state index contributed by atoms with van der Waals surface area (Å²) in [5.74, 6) is -2.98. The molecule has 6 heteroatoms. The summed E-state index contributed by atoms with van der Waals surface area (Å²) in [6.45, 7) is 0.257. The molecule has 0 aliphatic carbocycles. The molecule has 0 radical (unpaired) electrons. The Morgan fingerprint density at radius 2 is 1.76 bits per heavy atom. The van der Waals surface area contributed by atoms with E-state index in [0.717, 1.165) is 6.07 Å². The Bertz CT molecular complexity index is 467. The zero-order valence-corrected chi connectivity index (χ0v) is 9.47. The zero-order chi connectivity index (χ0) is 13.2. The maximum atomic E-state index is 10.9. The predicted molar refractivity (Wildman–Crippen MR) is 59.4 cm³/mol. The van der Waals surface area contributed by atoms with Crippen LogP contribution in [0.5, 0.6) is 5.75 Å². The van der Waals surface area contributed by atoms with E-state index in [9.17, 15) is 14.7 Å². The Morgan fingerprint density at radius 1 is 1.18 bits per heavy atom. The topological polar surface area (TPSA) is 98.1 Å². The van der Waals surface area contributed by atoms with Gasteiger partial charge in [0.1, 0.15) is 11.3 Å². The van der Waals surface area contributed by atoms with E-state index in [1.165, 1.54) is 6.07 Å². The summed E-state index contributed by atoms with van der Waals surface area (Å²) in [5, 5.41) is 27.4. The standard InChI is InChI=1S/C11H13NO5/c1-12(2)5-7-3-6(10(14)15)4-8(9(7)13)11(16)17/h3-4,13H,5H2,1-2H3,(H,14,15)(H,16,17). The van der Waals surface area contributed by atoms with Crippen LogP contribution >= 0.6 is 0 Å². The number of benzene rings is 1. The number of hydrogen-bond donors (Lipinski definition) is 3. The molecule has 0 saturated carbocycles. The van der Waals surface area contributed by atoms with Crippen LogP contribution < -0.4 is 0 Å². The van der Waals surface area contributed by atoms with Crippen molar-refractivity contribution in [2.75, 3.05) is 14.1 Å². The third kappa shape index (κ3) is 2.94. The van der Waals surface area contributed by atoms with Gasteiger partial charge in [-0.1, -0.05) is 0 Å². The summed E-state index contributed by atoms with van der Waals surface area (Å²) in [5.41, 5.74) is -0.286. The quantitative estimate of drug-likeness (QED) is 0.720. The van der Waals surface area contributed by atoms with E-state index in [2.05, 4.69) is 0 Å². The molecule has 0 unspecified atom stereocenters. The van der Waals surface area contributed by atoms with E-state index in [0.29, 0.717) is 0 Å². The molecule has 0 spiro atoms. The highest BCUT2D eigenvalue weighted by atomic mass is 16.4. The minimum atomic E-state index is -1.36. The molecule has 0 fully saturated rings. The highest BCUT2D eigenvalue weighted by Gasteiger charge is 2.18. The molecule has 0 saturated heterocycles. The number of carboxylic acids is 2. The molecule has 0 amide bonds. The third-order valence-corrected chi connectivity index (χ3v) is 2.15. The Balaban J connectivity index is 3.37. The SMILES string of the molecule is CN(C)Cc1cc(C(=O)O)cc(C(=O)O)c1O. The van der Waals surface area contributed by atoms with Crippen LogP contribution in [-0.2, 0) is 6.54 Å². The lowest BCUT2D eigenvalue weighted by Gasteiger charge is -2.13. The number of aromatic hydroxyl groups is 1. The van der Waals surface area contributed by atoms with Crippen LogP contribution in [0.15, 0.2) is 12.1 Å². The first-order valence-corrected chi connectivity index (χ1v) is 4.80. The van der Waals surface area contributed by atoms with Crippen LogP contribution in [0.1, 0.15) is 26.3 Å². The van der Waals surface area contributed by atoms with Gasteiger partial charge in [-0.3, -0.25) is 0 Å². The molecule has 0 aliphatic heterocycles. The summed E-state index contributed by atoms with van der Waals surface area (Å²) in [6.07, 6.45) is 0. The van der Waals surface area contributed by atoms with Crippen LogP contribution in [0.4, 0.5) is 0 Å². The van der Waals surface area contributed by atoms with Gasteiger partial charge < -0.3 is 20.2 Å². The molecule has 0 aromatic heterocycles. The van der Waals surface area contributed by atoms with E-state index < -0.39 is 23.3 Å². The fraction of sp³-hybridized carbons (Fsp3) is 0.273. The lowest BCUT2D eigenvalue weighted by molar-refractivity contribution is 0.0693. The Labute approximate surface area is 97.7 Å². The summed E-state index contributed by atoms with van der Waals surface area (Å²) < 4.78 is 0. The minimum absolute atomic E-state index is 0.156. The molecule has 0 atom stereocenters. The largest absolute Gasteiger partial charge is 0.507 e. The van der Waals surface area contributed by atoms with Gasteiger partial charge in [-0.25, -0.2) is 9.59 Å². The number of carbonyl (C=O) groups is 2. The van der Waals surface area contributed by atoms with Gasteiger partial charge >= 0.3 is 11.9 Å². The molecule has 0 heterocycles. The number of carboxylic acid groups (broad SMARTS) is 2. The molecule has 0 aliphatic rings. The van der Waals surface area contributed by atoms with Gasteiger partial charge in [0, 0.05) is 12.1 Å². The first kappa shape index (κ1) is 13.0. The molecular weight excluding hydrogens is 226 g/mol. The second-order valence-electron chi connectivity index (χ2n) is 3.88. The molecule has 1 aromatic rings. The monoisotopic (exact) mass is 239 g/mol. The summed E-state index contributed by atoms with van der Waals surface area (Å²) in [7, 11) is 3.46. The maximum absolute atomic E-state index is 10.9. The Kier molecular flexibility index (Phi) is 3.69. The zero-order valence-electron chi connectivity index (χ0n) is 9.47. The van der Waals surface area contributed by atoms with Crippen molar-refractivity contribution >= 4 is 11.9 Å². The van der Waals surface area contributed by atoms with E-state index in [1.54, 1.807) is 19.0 Å². The van der Waals surface area contributed by atoms with Gasteiger partial charge in [0.15, 0.2) is 0 Å². The van der Waals surface area contributed by atoms with Crippen LogP contribution in [0.3, 0.4) is 0 Å². The highest BCUT2D eigenvalue weighted by molar-refractivity contribution is 5.96. The first-order valence-electron chi connectivity index (χ1n) is 4.80. The molecule has 1 rings (SSSR count). The average molecular weight is 239 g/mol. The Hall–Kier alpha value is -2.08. The number of rotatable bonds is 4. The van der Waals surface area contributed by atoms with Gasteiger partial charge in [-0.2, -0.15) is 0 Å². The van der Waals surface area contributed by atoms with Crippen molar-refractivity contribution in [3.8, 4) is 5.75 Å². The maximum Gasteiger partial charge on any atom is 0.339 e. The first-order chi connectivity index (χ1) is 7.82. The molecule has 3 N–H and O–H groups in total. The molecule has 6 nitrogen and oxygen atoms in total. The molecule has 92 valence electrons. The summed E-state index contributed by atoms with van der Waals surface area (Å²) >= 11 is 0. The van der Waals surface area contributed by atoms with E-state index in [4.69, 9.17) is 10.2 Å². The van der Waals surface area contributed by atoms with E-state index in [1.807, 2.05) is 0 Å². The lowest BCUT2D eigenvalue weighted by Crippen LogP contribution is -2.13. The molecule has 0 bridgehead atoms. The normalized spacial score (nSPS) is 10.5. The number of phenols is 1. The predicted octanol–water partition coefficient (Wildman–Crippen LogP) is 0.850. The van der Waals surface area contributed by atoms with Gasteiger partial charge in [0.05, 0.1) is 5.56 Å². The smallest absolute Gasteiger partial charge is 0.339 e. The van der Waals surface area contributed by atoms with Crippen LogP contribution in [0.25, 0.3) is 0 Å². The van der Waals surface area contributed by atoms with Crippen molar-refractivity contribution in [1.82, 2.24) is 4.90 Å². The van der Waals surface area contributed by atoms with Crippen molar-refractivity contribution < 1.29 is 24.9 Å². The fourth-order valence-electron chi connectivity index (χ4n) is 1.44. The second-order valence-corrected chi connectivity index (χ2v) is 3.88. The van der Waals surface area contributed by atoms with Crippen LogP contribution in [0.2, 0.25) is 0 Å². The van der Waals surface area contributed by atoms with Crippen molar-refractivity contribution in [3.63, 3.8) is 0 Å². The third-order valence-electron chi connectivity index (χ3n) is 2.15. The van der Waals surface area contributed by atoms with Gasteiger partial charge in [-0.15, -0.1) is 0 Å². The fourth-order valence-corrected chi connectivity index (χ4v) is 1.44. The van der Waals surface area contributed by atoms with Gasteiger partial charge in [0.25, 0.3) is 0 Å².